The monoisotopic (exact) mass is 205 g/mol. The first-order chi connectivity index (χ1) is 7.40. The van der Waals surface area contributed by atoms with Crippen LogP contribution in [-0.2, 0) is 4.74 Å². The van der Waals surface area contributed by atoms with Gasteiger partial charge in [-0.2, -0.15) is 0 Å². The number of ether oxygens (including phenoxy) is 1. The maximum absolute atomic E-state index is 5.10. The minimum absolute atomic E-state index is 0.725. The zero-order chi connectivity index (χ0) is 10.5. The number of benzene rings is 1. The van der Waals surface area contributed by atoms with Crippen LogP contribution in [0.4, 0.5) is 0 Å². The minimum atomic E-state index is 0.725. The van der Waals surface area contributed by atoms with Crippen molar-refractivity contribution in [3.8, 4) is 0 Å². The van der Waals surface area contributed by atoms with Crippen LogP contribution in [0.25, 0.3) is 0 Å². The summed E-state index contributed by atoms with van der Waals surface area (Å²) in [5.41, 5.74) is 1.48. The molecule has 1 aliphatic heterocycles. The Kier molecular flexibility index (Phi) is 3.75. The Hall–Kier alpha value is -0.860. The molecule has 0 bridgehead atoms. The lowest BCUT2D eigenvalue weighted by Crippen LogP contribution is -2.24. The van der Waals surface area contributed by atoms with E-state index >= 15 is 0 Å². The van der Waals surface area contributed by atoms with E-state index in [0.29, 0.717) is 0 Å². The topological polar surface area (TPSA) is 12.5 Å². The molecule has 0 radical (unpaired) electrons. The van der Waals surface area contributed by atoms with E-state index in [1.807, 2.05) is 0 Å². The van der Waals surface area contributed by atoms with E-state index in [0.717, 1.165) is 19.1 Å². The molecule has 0 unspecified atom stereocenters. The van der Waals surface area contributed by atoms with Crippen molar-refractivity contribution in [2.24, 2.45) is 0 Å². The van der Waals surface area contributed by atoms with Crippen molar-refractivity contribution in [2.75, 3.05) is 33.4 Å². The van der Waals surface area contributed by atoms with Gasteiger partial charge in [0.05, 0.1) is 6.61 Å². The average molecular weight is 205 g/mol. The molecular formula is C13H19NO. The molecule has 1 aromatic carbocycles. The third kappa shape index (κ3) is 2.80. The molecule has 82 valence electrons. The fraction of sp³-hybridized carbons (Fsp3) is 0.538. The third-order valence-electron chi connectivity index (χ3n) is 3.15. The number of likely N-dealkylation sites (tertiary alicyclic amines) is 1. The first-order valence-corrected chi connectivity index (χ1v) is 5.66. The molecule has 1 saturated heterocycles. The Morgan fingerprint density at radius 3 is 2.87 bits per heavy atom. The molecule has 2 heteroatoms. The van der Waals surface area contributed by atoms with E-state index in [1.54, 1.807) is 7.11 Å². The van der Waals surface area contributed by atoms with Crippen LogP contribution in [0.2, 0.25) is 0 Å². The summed E-state index contributed by atoms with van der Waals surface area (Å²) in [4.78, 5) is 2.49. The van der Waals surface area contributed by atoms with Gasteiger partial charge < -0.3 is 9.64 Å². The Morgan fingerprint density at radius 1 is 1.33 bits per heavy atom. The van der Waals surface area contributed by atoms with Gasteiger partial charge in [-0.05, 0) is 24.4 Å². The van der Waals surface area contributed by atoms with Gasteiger partial charge in [0, 0.05) is 20.2 Å². The molecule has 1 fully saturated rings. The van der Waals surface area contributed by atoms with Crippen LogP contribution in [0.3, 0.4) is 0 Å². The van der Waals surface area contributed by atoms with Gasteiger partial charge in [-0.1, -0.05) is 30.3 Å². The lowest BCUT2D eigenvalue weighted by molar-refractivity contribution is 0.160. The van der Waals surface area contributed by atoms with Gasteiger partial charge in [0.2, 0.25) is 0 Å². The number of hydrogen-bond donors (Lipinski definition) is 0. The molecule has 0 aromatic heterocycles. The molecule has 0 spiro atoms. The highest BCUT2D eigenvalue weighted by Crippen LogP contribution is 2.26. The Labute approximate surface area is 91.9 Å². The van der Waals surface area contributed by atoms with E-state index in [9.17, 15) is 0 Å². The molecular weight excluding hydrogens is 186 g/mol. The molecule has 2 rings (SSSR count). The Bertz CT molecular complexity index is 286. The zero-order valence-corrected chi connectivity index (χ0v) is 9.36. The summed E-state index contributed by atoms with van der Waals surface area (Å²) in [6.45, 7) is 4.32. The van der Waals surface area contributed by atoms with Gasteiger partial charge >= 0.3 is 0 Å². The minimum Gasteiger partial charge on any atom is -0.383 e. The summed E-state index contributed by atoms with van der Waals surface area (Å²) in [6, 6.07) is 10.8. The SMILES string of the molecule is COCCN1CC[C@H](c2ccccc2)C1. The van der Waals surface area contributed by atoms with Gasteiger partial charge in [-0.3, -0.25) is 0 Å². The summed E-state index contributed by atoms with van der Waals surface area (Å²) in [5.74, 6) is 0.725. The van der Waals surface area contributed by atoms with Crippen molar-refractivity contribution in [3.63, 3.8) is 0 Å². The first kappa shape index (κ1) is 10.7. The van der Waals surface area contributed by atoms with E-state index in [4.69, 9.17) is 4.74 Å². The zero-order valence-electron chi connectivity index (χ0n) is 9.36. The molecule has 0 saturated carbocycles. The van der Waals surface area contributed by atoms with E-state index < -0.39 is 0 Å². The number of methoxy groups -OCH3 is 1. The molecule has 0 amide bonds. The van der Waals surface area contributed by atoms with Gasteiger partial charge in [-0.15, -0.1) is 0 Å². The van der Waals surface area contributed by atoms with Gasteiger partial charge in [-0.25, -0.2) is 0 Å². The van der Waals surface area contributed by atoms with Crippen LogP contribution >= 0.6 is 0 Å². The van der Waals surface area contributed by atoms with Gasteiger partial charge in [0.15, 0.2) is 0 Å². The van der Waals surface area contributed by atoms with Crippen molar-refractivity contribution in [1.82, 2.24) is 4.90 Å². The predicted molar refractivity (Wildman–Crippen MR) is 62.1 cm³/mol. The van der Waals surface area contributed by atoms with Gasteiger partial charge in [0.25, 0.3) is 0 Å². The summed E-state index contributed by atoms with van der Waals surface area (Å²) in [6.07, 6.45) is 1.29. The maximum Gasteiger partial charge on any atom is 0.0589 e. The molecule has 1 aromatic rings. The second-order valence-electron chi connectivity index (χ2n) is 4.19. The summed E-state index contributed by atoms with van der Waals surface area (Å²) in [5, 5.41) is 0. The predicted octanol–water partition coefficient (Wildman–Crippen LogP) is 2.12. The third-order valence-corrected chi connectivity index (χ3v) is 3.15. The van der Waals surface area contributed by atoms with Crippen molar-refractivity contribution < 1.29 is 4.74 Å². The standard InChI is InChI=1S/C13H19NO/c1-15-10-9-14-8-7-13(11-14)12-5-3-2-4-6-12/h2-6,13H,7-11H2,1H3/t13-/m0/s1. The summed E-state index contributed by atoms with van der Waals surface area (Å²) < 4.78 is 5.10. The molecule has 1 aliphatic rings. The molecule has 1 heterocycles. The second-order valence-corrected chi connectivity index (χ2v) is 4.19. The van der Waals surface area contributed by atoms with Gasteiger partial charge in [0.1, 0.15) is 0 Å². The van der Waals surface area contributed by atoms with Crippen LogP contribution in [0.1, 0.15) is 17.9 Å². The van der Waals surface area contributed by atoms with E-state index in [1.165, 1.54) is 25.1 Å². The van der Waals surface area contributed by atoms with E-state index in [2.05, 4.69) is 35.2 Å². The fourth-order valence-corrected chi connectivity index (χ4v) is 2.25. The highest BCUT2D eigenvalue weighted by Gasteiger charge is 2.22. The van der Waals surface area contributed by atoms with Crippen LogP contribution < -0.4 is 0 Å². The average Bonchev–Trinajstić information content (AvgIpc) is 2.76. The second kappa shape index (κ2) is 5.29. The number of rotatable bonds is 4. The number of hydrogen-bond acceptors (Lipinski definition) is 2. The largest absolute Gasteiger partial charge is 0.383 e. The van der Waals surface area contributed by atoms with Crippen LogP contribution in [-0.4, -0.2) is 38.3 Å². The molecule has 2 nitrogen and oxygen atoms in total. The van der Waals surface area contributed by atoms with Crippen molar-refractivity contribution >= 4 is 0 Å². The molecule has 15 heavy (non-hydrogen) atoms. The molecule has 0 N–H and O–H groups in total. The lowest BCUT2D eigenvalue weighted by atomic mass is 9.99. The van der Waals surface area contributed by atoms with Crippen LogP contribution in [0, 0.1) is 0 Å². The quantitative estimate of drug-likeness (QED) is 0.746. The van der Waals surface area contributed by atoms with Crippen LogP contribution in [0.5, 0.6) is 0 Å². The van der Waals surface area contributed by atoms with Crippen LogP contribution in [0.15, 0.2) is 30.3 Å². The normalized spacial score (nSPS) is 22.1. The lowest BCUT2D eigenvalue weighted by Gasteiger charge is -2.15. The molecule has 1 atom stereocenters. The highest BCUT2D eigenvalue weighted by atomic mass is 16.5. The van der Waals surface area contributed by atoms with E-state index in [-0.39, 0.29) is 0 Å². The van der Waals surface area contributed by atoms with Crippen molar-refractivity contribution in [2.45, 2.75) is 12.3 Å². The smallest absolute Gasteiger partial charge is 0.0589 e. The summed E-state index contributed by atoms with van der Waals surface area (Å²) >= 11 is 0. The number of nitrogens with zero attached hydrogens (tertiary/aromatic N) is 1. The highest BCUT2D eigenvalue weighted by molar-refractivity contribution is 5.20. The Morgan fingerprint density at radius 2 is 2.13 bits per heavy atom. The fourth-order valence-electron chi connectivity index (χ4n) is 2.25. The summed E-state index contributed by atoms with van der Waals surface area (Å²) in [7, 11) is 1.77. The van der Waals surface area contributed by atoms with Crippen molar-refractivity contribution in [3.05, 3.63) is 35.9 Å². The first-order valence-electron chi connectivity index (χ1n) is 5.66. The Balaban J connectivity index is 1.87. The van der Waals surface area contributed by atoms with Crippen molar-refractivity contribution in [1.29, 1.82) is 0 Å². The molecule has 0 aliphatic carbocycles. The maximum atomic E-state index is 5.10.